The van der Waals surface area contributed by atoms with Crippen LogP contribution in [-0.2, 0) is 14.9 Å². The van der Waals surface area contributed by atoms with Crippen LogP contribution in [0.1, 0.15) is 37.7 Å². The normalized spacial score (nSPS) is 22.6. The number of halogens is 2. The van der Waals surface area contributed by atoms with Crippen molar-refractivity contribution in [2.75, 3.05) is 26.3 Å². The van der Waals surface area contributed by atoms with Crippen LogP contribution < -0.4 is 10.6 Å². The summed E-state index contributed by atoms with van der Waals surface area (Å²) < 4.78 is 18.6. The summed E-state index contributed by atoms with van der Waals surface area (Å²) in [7, 11) is 0. The topological polar surface area (TPSA) is 50.4 Å². The molecule has 1 aliphatic carbocycles. The molecule has 0 spiro atoms. The maximum Gasteiger partial charge on any atom is 0.221 e. The van der Waals surface area contributed by atoms with Crippen molar-refractivity contribution in [3.05, 3.63) is 35.6 Å². The van der Waals surface area contributed by atoms with Crippen LogP contribution >= 0.6 is 12.4 Å². The molecule has 1 unspecified atom stereocenters. The van der Waals surface area contributed by atoms with Gasteiger partial charge in [0.2, 0.25) is 5.91 Å². The lowest BCUT2D eigenvalue weighted by Gasteiger charge is -2.30. The van der Waals surface area contributed by atoms with Gasteiger partial charge in [-0.05, 0) is 30.5 Å². The van der Waals surface area contributed by atoms with Crippen LogP contribution in [0.15, 0.2) is 24.3 Å². The van der Waals surface area contributed by atoms with Crippen molar-refractivity contribution >= 4 is 18.3 Å². The third-order valence-electron chi connectivity index (χ3n) is 5.07. The molecule has 1 aromatic carbocycles. The molecule has 1 amide bonds. The third-order valence-corrected chi connectivity index (χ3v) is 5.07. The van der Waals surface area contributed by atoms with Crippen molar-refractivity contribution in [2.24, 2.45) is 0 Å². The number of amides is 1. The Balaban J connectivity index is 0.00000208. The molecule has 2 N–H and O–H groups in total. The summed E-state index contributed by atoms with van der Waals surface area (Å²) >= 11 is 0. The minimum Gasteiger partial charge on any atom is -0.378 e. The van der Waals surface area contributed by atoms with E-state index in [4.69, 9.17) is 4.74 Å². The first-order chi connectivity index (χ1) is 11.2. The molecule has 1 atom stereocenters. The Bertz CT molecular complexity index is 526. The smallest absolute Gasteiger partial charge is 0.221 e. The van der Waals surface area contributed by atoms with Gasteiger partial charge in [-0.1, -0.05) is 25.0 Å². The largest absolute Gasteiger partial charge is 0.378 e. The van der Waals surface area contributed by atoms with E-state index >= 15 is 0 Å². The fourth-order valence-electron chi connectivity index (χ4n) is 3.74. The fraction of sp³-hybridized carbons (Fsp3) is 0.611. The first-order valence-corrected chi connectivity index (χ1v) is 8.52. The van der Waals surface area contributed by atoms with E-state index in [1.54, 1.807) is 0 Å². The average Bonchev–Trinajstić information content (AvgIpc) is 3.05. The SMILES string of the molecule is Cl.O=C(CC1COCCN1)NCC1(c2ccc(F)cc2)CCCC1. The molecule has 4 nitrogen and oxygen atoms in total. The van der Waals surface area contributed by atoms with Crippen LogP contribution in [0.2, 0.25) is 0 Å². The van der Waals surface area contributed by atoms with E-state index in [1.165, 1.54) is 12.1 Å². The minimum absolute atomic E-state index is 0. The maximum absolute atomic E-state index is 13.2. The molecule has 0 radical (unpaired) electrons. The average molecular weight is 357 g/mol. The van der Waals surface area contributed by atoms with E-state index in [9.17, 15) is 9.18 Å². The summed E-state index contributed by atoms with van der Waals surface area (Å²) in [5.41, 5.74) is 1.09. The van der Waals surface area contributed by atoms with Gasteiger partial charge in [-0.25, -0.2) is 4.39 Å². The standard InChI is InChI=1S/C18H25FN2O2.ClH/c19-15-5-3-14(4-6-15)18(7-1-2-8-18)13-21-17(22)11-16-12-23-10-9-20-16;/h3-6,16,20H,1-2,7-13H2,(H,21,22);1H. The molecule has 1 saturated carbocycles. The Morgan fingerprint density at radius 1 is 1.29 bits per heavy atom. The Hall–Kier alpha value is -1.17. The first kappa shape index (κ1) is 19.2. The number of ether oxygens (including phenoxy) is 1. The van der Waals surface area contributed by atoms with Gasteiger partial charge in [-0.15, -0.1) is 12.4 Å². The second-order valence-corrected chi connectivity index (χ2v) is 6.70. The number of carbonyl (C=O) groups is 1. The van der Waals surface area contributed by atoms with Gasteiger partial charge in [0, 0.05) is 31.0 Å². The molecule has 2 aliphatic rings. The van der Waals surface area contributed by atoms with Crippen molar-refractivity contribution in [2.45, 2.75) is 43.6 Å². The van der Waals surface area contributed by atoms with Gasteiger partial charge in [0.05, 0.1) is 13.2 Å². The number of carbonyl (C=O) groups excluding carboxylic acids is 1. The predicted molar refractivity (Wildman–Crippen MR) is 94.0 cm³/mol. The minimum atomic E-state index is -0.214. The van der Waals surface area contributed by atoms with Crippen LogP contribution in [0.5, 0.6) is 0 Å². The quantitative estimate of drug-likeness (QED) is 0.852. The van der Waals surface area contributed by atoms with Crippen molar-refractivity contribution in [3.8, 4) is 0 Å². The van der Waals surface area contributed by atoms with E-state index in [2.05, 4.69) is 10.6 Å². The van der Waals surface area contributed by atoms with Gasteiger partial charge < -0.3 is 15.4 Å². The number of morpholine rings is 1. The summed E-state index contributed by atoms with van der Waals surface area (Å²) in [6, 6.07) is 6.86. The highest BCUT2D eigenvalue weighted by Crippen LogP contribution is 2.40. The van der Waals surface area contributed by atoms with Crippen molar-refractivity contribution < 1.29 is 13.9 Å². The molecule has 1 aromatic rings. The molecule has 2 fully saturated rings. The Kier molecular flexibility index (Phi) is 7.02. The van der Waals surface area contributed by atoms with E-state index in [0.717, 1.165) is 37.8 Å². The van der Waals surface area contributed by atoms with Crippen LogP contribution in [0, 0.1) is 5.82 Å². The third kappa shape index (κ3) is 4.68. The molecular formula is C18H26ClFN2O2. The summed E-state index contributed by atoms with van der Waals surface area (Å²) in [5, 5.41) is 6.40. The number of hydrogen-bond acceptors (Lipinski definition) is 3. The lowest BCUT2D eigenvalue weighted by atomic mass is 9.78. The zero-order chi connectivity index (χ0) is 16.1. The molecule has 6 heteroatoms. The van der Waals surface area contributed by atoms with Gasteiger partial charge in [-0.2, -0.15) is 0 Å². The highest BCUT2D eigenvalue weighted by Gasteiger charge is 2.36. The van der Waals surface area contributed by atoms with E-state index in [0.29, 0.717) is 26.2 Å². The lowest BCUT2D eigenvalue weighted by molar-refractivity contribution is -0.122. The molecular weight excluding hydrogens is 331 g/mol. The highest BCUT2D eigenvalue weighted by atomic mass is 35.5. The van der Waals surface area contributed by atoms with E-state index < -0.39 is 0 Å². The molecule has 0 bridgehead atoms. The molecule has 1 heterocycles. The number of benzene rings is 1. The predicted octanol–water partition coefficient (Wildman–Crippen LogP) is 2.55. The maximum atomic E-state index is 13.2. The van der Waals surface area contributed by atoms with Gasteiger partial charge in [0.15, 0.2) is 0 Å². The van der Waals surface area contributed by atoms with Crippen molar-refractivity contribution in [1.29, 1.82) is 0 Å². The van der Waals surface area contributed by atoms with Crippen LogP contribution in [0.3, 0.4) is 0 Å². The van der Waals surface area contributed by atoms with Crippen molar-refractivity contribution in [1.82, 2.24) is 10.6 Å². The number of hydrogen-bond donors (Lipinski definition) is 2. The van der Waals surface area contributed by atoms with Crippen molar-refractivity contribution in [3.63, 3.8) is 0 Å². The second-order valence-electron chi connectivity index (χ2n) is 6.70. The van der Waals surface area contributed by atoms with E-state index in [1.807, 2.05) is 12.1 Å². The number of nitrogens with one attached hydrogen (secondary N) is 2. The Morgan fingerprint density at radius 3 is 2.62 bits per heavy atom. The van der Waals surface area contributed by atoms with Gasteiger partial charge in [-0.3, -0.25) is 4.79 Å². The van der Waals surface area contributed by atoms with Crippen LogP contribution in [-0.4, -0.2) is 38.3 Å². The van der Waals surface area contributed by atoms with Gasteiger partial charge in [0.1, 0.15) is 5.82 Å². The number of rotatable bonds is 5. The Labute approximate surface area is 148 Å². The highest BCUT2D eigenvalue weighted by molar-refractivity contribution is 5.85. The monoisotopic (exact) mass is 356 g/mol. The molecule has 3 rings (SSSR count). The summed E-state index contributed by atoms with van der Waals surface area (Å²) in [6.45, 7) is 2.74. The fourth-order valence-corrected chi connectivity index (χ4v) is 3.74. The molecule has 1 saturated heterocycles. The summed E-state index contributed by atoms with van der Waals surface area (Å²) in [5.74, 6) is -0.157. The molecule has 134 valence electrons. The Morgan fingerprint density at radius 2 is 2.00 bits per heavy atom. The van der Waals surface area contributed by atoms with Gasteiger partial charge in [0.25, 0.3) is 0 Å². The molecule has 1 aliphatic heterocycles. The van der Waals surface area contributed by atoms with Crippen LogP contribution in [0.25, 0.3) is 0 Å². The lowest BCUT2D eigenvalue weighted by Crippen LogP contribution is -2.46. The second kappa shape index (κ2) is 8.79. The van der Waals surface area contributed by atoms with E-state index in [-0.39, 0.29) is 35.6 Å². The zero-order valence-corrected chi connectivity index (χ0v) is 14.7. The van der Waals surface area contributed by atoms with Crippen LogP contribution in [0.4, 0.5) is 4.39 Å². The first-order valence-electron chi connectivity index (χ1n) is 8.52. The summed E-state index contributed by atoms with van der Waals surface area (Å²) in [6.07, 6.45) is 4.85. The molecule has 24 heavy (non-hydrogen) atoms. The van der Waals surface area contributed by atoms with Gasteiger partial charge >= 0.3 is 0 Å². The zero-order valence-electron chi connectivity index (χ0n) is 13.9. The molecule has 0 aromatic heterocycles. The summed E-state index contributed by atoms with van der Waals surface area (Å²) in [4.78, 5) is 12.2.